The summed E-state index contributed by atoms with van der Waals surface area (Å²) in [5, 5.41) is 9.99. The fraction of sp³-hybridized carbons (Fsp3) is 0.0500. The molecule has 10 aromatic carbocycles. The summed E-state index contributed by atoms with van der Waals surface area (Å²) in [6, 6.07) is 77.0. The molecule has 0 saturated heterocycles. The van der Waals surface area contributed by atoms with E-state index in [1.807, 2.05) is 36.4 Å². The van der Waals surface area contributed by atoms with Crippen molar-refractivity contribution in [1.29, 1.82) is 0 Å². The second kappa shape index (κ2) is 14.7. The molecular formula is C60H40N4. The summed E-state index contributed by atoms with van der Waals surface area (Å²) in [4.78, 5) is 15.3. The average molecular weight is 817 g/mol. The molecule has 1 atom stereocenters. The number of fused-ring (bicyclic) bond motifs is 10. The van der Waals surface area contributed by atoms with Gasteiger partial charge in [-0.2, -0.15) is 0 Å². The van der Waals surface area contributed by atoms with Crippen LogP contribution in [0.15, 0.2) is 212 Å². The van der Waals surface area contributed by atoms with Gasteiger partial charge in [-0.05, 0) is 103 Å². The Hall–Kier alpha value is -8.21. The molecule has 0 amide bonds. The van der Waals surface area contributed by atoms with E-state index < -0.39 is 0 Å². The molecule has 0 bridgehead atoms. The first-order chi connectivity index (χ1) is 31.7. The molecule has 4 nitrogen and oxygen atoms in total. The predicted octanol–water partition coefficient (Wildman–Crippen LogP) is 15.2. The summed E-state index contributed by atoms with van der Waals surface area (Å²) in [5.74, 6) is 2.12. The maximum absolute atomic E-state index is 5.17. The topological polar surface area (TPSA) is 43.6 Å². The summed E-state index contributed by atoms with van der Waals surface area (Å²) >= 11 is 0. The molecule has 0 radical (unpaired) electrons. The van der Waals surface area contributed by atoms with Gasteiger partial charge in [0.05, 0.1) is 11.0 Å². The standard InChI is InChI=1S/C60H40N4/c1-3-16-39(17-4-1)58-61-59(40-18-5-2-6-19-40)63-60(62-58)51-33-32-49(46-23-11-12-24-47(46)51)48-30-27-43-35-41-20-7-8-21-42(41)36-53(43)54-37-44(29-31-50(48)54)64-55-26-14-13-25-52(55)57-45-22-10-9-15-38(45)28-34-56(57)64/h1-26,28-29,31-37,48H,27,30H2. The third kappa shape index (κ3) is 5.87. The minimum absolute atomic E-state index is 0.138. The maximum atomic E-state index is 5.17. The van der Waals surface area contributed by atoms with Crippen molar-refractivity contribution in [3.63, 3.8) is 0 Å². The van der Waals surface area contributed by atoms with Gasteiger partial charge in [0.15, 0.2) is 17.5 Å². The van der Waals surface area contributed by atoms with E-state index in [2.05, 4.69) is 180 Å². The van der Waals surface area contributed by atoms with Gasteiger partial charge in [0.25, 0.3) is 0 Å². The van der Waals surface area contributed by atoms with Crippen LogP contribution in [0.4, 0.5) is 0 Å². The number of para-hydroxylation sites is 1. The Balaban J connectivity index is 1.02. The Morgan fingerprint density at radius 1 is 0.375 bits per heavy atom. The molecule has 300 valence electrons. The molecule has 0 spiro atoms. The molecule has 1 aliphatic rings. The summed E-state index contributed by atoms with van der Waals surface area (Å²) in [7, 11) is 0. The first-order valence-electron chi connectivity index (χ1n) is 22.2. The lowest BCUT2D eigenvalue weighted by molar-refractivity contribution is 0.731. The Bertz CT molecular complexity index is 3740. The number of hydrogen-bond acceptors (Lipinski definition) is 3. The molecule has 1 aliphatic carbocycles. The number of nitrogens with zero attached hydrogens (tertiary/aromatic N) is 4. The van der Waals surface area contributed by atoms with E-state index in [1.165, 1.54) is 82.2 Å². The smallest absolute Gasteiger partial charge is 0.164 e. The summed E-state index contributed by atoms with van der Waals surface area (Å²) < 4.78 is 2.48. The van der Waals surface area contributed by atoms with E-state index in [9.17, 15) is 0 Å². The molecule has 0 N–H and O–H groups in total. The SMILES string of the molecule is c1ccc(-c2nc(-c3ccccc3)nc(-c3ccc(C4CCc5cc6ccccc6cc5-c5cc(-n6c7ccccc7c7c8ccccc8ccc76)ccc54)c4ccccc34)n2)cc1. The second-order valence-corrected chi connectivity index (χ2v) is 17.0. The fourth-order valence-corrected chi connectivity index (χ4v) is 10.5. The van der Waals surface area contributed by atoms with Crippen LogP contribution >= 0.6 is 0 Å². The zero-order chi connectivity index (χ0) is 42.1. The van der Waals surface area contributed by atoms with Gasteiger partial charge in [-0.15, -0.1) is 0 Å². The van der Waals surface area contributed by atoms with Crippen LogP contribution in [0, 0.1) is 0 Å². The first-order valence-corrected chi connectivity index (χ1v) is 22.2. The molecule has 4 heteroatoms. The zero-order valence-corrected chi connectivity index (χ0v) is 35.0. The molecule has 2 heterocycles. The molecular weight excluding hydrogens is 777 g/mol. The number of rotatable bonds is 5. The lowest BCUT2D eigenvalue weighted by Crippen LogP contribution is -2.05. The number of hydrogen-bond donors (Lipinski definition) is 0. The van der Waals surface area contributed by atoms with Crippen LogP contribution in [0.3, 0.4) is 0 Å². The Kier molecular flexibility index (Phi) is 8.38. The van der Waals surface area contributed by atoms with Crippen LogP contribution < -0.4 is 0 Å². The summed E-state index contributed by atoms with van der Waals surface area (Å²) in [5.41, 5.74) is 13.2. The van der Waals surface area contributed by atoms with Gasteiger partial charge >= 0.3 is 0 Å². The van der Waals surface area contributed by atoms with E-state index in [-0.39, 0.29) is 5.92 Å². The number of aryl methyl sites for hydroxylation is 1. The molecule has 64 heavy (non-hydrogen) atoms. The number of aromatic nitrogens is 4. The van der Waals surface area contributed by atoms with Gasteiger partial charge in [0.2, 0.25) is 0 Å². The summed E-state index contributed by atoms with van der Waals surface area (Å²) in [6.45, 7) is 0. The van der Waals surface area contributed by atoms with E-state index in [0.29, 0.717) is 17.5 Å². The summed E-state index contributed by atoms with van der Waals surface area (Å²) in [6.07, 6.45) is 1.94. The van der Waals surface area contributed by atoms with Gasteiger partial charge in [0, 0.05) is 39.1 Å². The van der Waals surface area contributed by atoms with E-state index in [0.717, 1.165) is 34.9 Å². The normalized spacial score (nSPS) is 13.7. The van der Waals surface area contributed by atoms with E-state index in [1.54, 1.807) is 0 Å². The van der Waals surface area contributed by atoms with Crippen LogP contribution in [-0.2, 0) is 6.42 Å². The predicted molar refractivity (Wildman–Crippen MR) is 265 cm³/mol. The van der Waals surface area contributed by atoms with Crippen molar-refractivity contribution in [2.45, 2.75) is 18.8 Å². The number of benzene rings is 10. The highest BCUT2D eigenvalue weighted by atomic mass is 15.0. The highest BCUT2D eigenvalue weighted by Gasteiger charge is 2.28. The average Bonchev–Trinajstić information content (AvgIpc) is 3.63. The Morgan fingerprint density at radius 2 is 0.969 bits per heavy atom. The first kappa shape index (κ1) is 36.4. The van der Waals surface area contributed by atoms with Crippen molar-refractivity contribution in [3.05, 3.63) is 229 Å². The quantitative estimate of drug-likeness (QED) is 0.174. The third-order valence-corrected chi connectivity index (χ3v) is 13.5. The largest absolute Gasteiger partial charge is 0.309 e. The van der Waals surface area contributed by atoms with Crippen LogP contribution in [0.25, 0.3) is 105 Å². The molecule has 0 saturated carbocycles. The minimum atomic E-state index is 0.138. The van der Waals surface area contributed by atoms with Gasteiger partial charge in [-0.1, -0.05) is 182 Å². The van der Waals surface area contributed by atoms with Crippen molar-refractivity contribution < 1.29 is 0 Å². The molecule has 1 unspecified atom stereocenters. The van der Waals surface area contributed by atoms with Crippen LogP contribution in [-0.4, -0.2) is 19.5 Å². The third-order valence-electron chi connectivity index (χ3n) is 13.5. The monoisotopic (exact) mass is 816 g/mol. The molecule has 0 fully saturated rings. The highest BCUT2D eigenvalue weighted by molar-refractivity contribution is 6.21. The van der Waals surface area contributed by atoms with E-state index in [4.69, 9.17) is 15.0 Å². The second-order valence-electron chi connectivity index (χ2n) is 17.0. The van der Waals surface area contributed by atoms with Crippen molar-refractivity contribution in [1.82, 2.24) is 19.5 Å². The van der Waals surface area contributed by atoms with Crippen LogP contribution in [0.5, 0.6) is 0 Å². The van der Waals surface area contributed by atoms with Crippen molar-refractivity contribution in [3.8, 4) is 51.0 Å². The van der Waals surface area contributed by atoms with Crippen molar-refractivity contribution in [2.75, 3.05) is 0 Å². The lowest BCUT2D eigenvalue weighted by Gasteiger charge is -2.22. The molecule has 0 aliphatic heterocycles. The maximum Gasteiger partial charge on any atom is 0.164 e. The van der Waals surface area contributed by atoms with Gasteiger partial charge < -0.3 is 4.57 Å². The highest BCUT2D eigenvalue weighted by Crippen LogP contribution is 2.47. The zero-order valence-electron chi connectivity index (χ0n) is 35.0. The Morgan fingerprint density at radius 3 is 1.72 bits per heavy atom. The Labute approximate surface area is 370 Å². The lowest BCUT2D eigenvalue weighted by atomic mass is 9.82. The van der Waals surface area contributed by atoms with Crippen LogP contribution in [0.2, 0.25) is 0 Å². The van der Waals surface area contributed by atoms with Gasteiger partial charge in [-0.25, -0.2) is 15.0 Å². The molecule has 13 rings (SSSR count). The van der Waals surface area contributed by atoms with Gasteiger partial charge in [0.1, 0.15) is 0 Å². The van der Waals surface area contributed by atoms with Crippen LogP contribution in [0.1, 0.15) is 29.0 Å². The molecule has 12 aromatic rings. The fourth-order valence-electron chi connectivity index (χ4n) is 10.5. The van der Waals surface area contributed by atoms with E-state index >= 15 is 0 Å². The molecule has 2 aromatic heterocycles. The van der Waals surface area contributed by atoms with Crippen molar-refractivity contribution >= 4 is 54.1 Å². The minimum Gasteiger partial charge on any atom is -0.309 e. The van der Waals surface area contributed by atoms with Gasteiger partial charge in [-0.3, -0.25) is 0 Å². The van der Waals surface area contributed by atoms with Crippen molar-refractivity contribution in [2.24, 2.45) is 0 Å².